The molecule has 4 heteroatoms. The van der Waals surface area contributed by atoms with E-state index in [1.807, 2.05) is 0 Å². The average Bonchev–Trinajstić information content (AvgIpc) is 3.16. The fourth-order valence-corrected chi connectivity index (χ4v) is 2.85. The molecule has 0 saturated heterocycles. The number of urea groups is 1. The molecule has 0 atom stereocenters. The highest BCUT2D eigenvalue weighted by atomic mass is 35.5. The molecule has 2 saturated carbocycles. The second-order valence-corrected chi connectivity index (χ2v) is 6.51. The van der Waals surface area contributed by atoms with E-state index in [2.05, 4.69) is 24.1 Å². The van der Waals surface area contributed by atoms with Gasteiger partial charge in [-0.1, -0.05) is 13.8 Å². The molecule has 2 aliphatic rings. The Morgan fingerprint density at radius 2 is 1.83 bits per heavy atom. The molecule has 0 aromatic carbocycles. The standard InChI is InChI=1S/C14H25ClN2O/c1-10(2)9-17(14(18)16-8-7-15)13(11-3-4-11)12-5-6-12/h10-13H,3-9H2,1-2H3,(H,16,18). The highest BCUT2D eigenvalue weighted by molar-refractivity contribution is 6.18. The lowest BCUT2D eigenvalue weighted by Crippen LogP contribution is -2.50. The zero-order valence-corrected chi connectivity index (χ0v) is 12.2. The van der Waals surface area contributed by atoms with E-state index in [9.17, 15) is 4.79 Å². The summed E-state index contributed by atoms with van der Waals surface area (Å²) in [5, 5.41) is 2.94. The molecular formula is C14H25ClN2O. The van der Waals surface area contributed by atoms with Crippen LogP contribution in [0, 0.1) is 17.8 Å². The predicted octanol–water partition coefficient (Wildman–Crippen LogP) is 3.08. The molecule has 0 aromatic rings. The van der Waals surface area contributed by atoms with Crippen molar-refractivity contribution < 1.29 is 4.79 Å². The summed E-state index contributed by atoms with van der Waals surface area (Å²) in [5.41, 5.74) is 0. The van der Waals surface area contributed by atoms with Crippen LogP contribution in [0.15, 0.2) is 0 Å². The van der Waals surface area contributed by atoms with Gasteiger partial charge in [0.1, 0.15) is 0 Å². The van der Waals surface area contributed by atoms with Crippen LogP contribution in [0.4, 0.5) is 4.79 Å². The summed E-state index contributed by atoms with van der Waals surface area (Å²) in [5.74, 6) is 2.53. The van der Waals surface area contributed by atoms with Crippen LogP contribution in [0.25, 0.3) is 0 Å². The molecule has 0 spiro atoms. The van der Waals surface area contributed by atoms with Gasteiger partial charge in [-0.25, -0.2) is 4.79 Å². The van der Waals surface area contributed by atoms with Crippen molar-refractivity contribution in [3.05, 3.63) is 0 Å². The maximum Gasteiger partial charge on any atom is 0.317 e. The SMILES string of the molecule is CC(C)CN(C(=O)NCCCl)C(C1CC1)C1CC1. The maximum absolute atomic E-state index is 12.3. The third-order valence-electron chi connectivity index (χ3n) is 3.76. The first-order valence-corrected chi connectivity index (χ1v) is 7.77. The van der Waals surface area contributed by atoms with E-state index < -0.39 is 0 Å². The summed E-state index contributed by atoms with van der Waals surface area (Å²) < 4.78 is 0. The molecule has 2 aliphatic carbocycles. The van der Waals surface area contributed by atoms with Gasteiger partial charge in [-0.2, -0.15) is 0 Å². The summed E-state index contributed by atoms with van der Waals surface area (Å²) in [6.07, 6.45) is 5.22. The van der Waals surface area contributed by atoms with Gasteiger partial charge < -0.3 is 10.2 Å². The third kappa shape index (κ3) is 3.78. The number of nitrogens with one attached hydrogen (secondary N) is 1. The molecule has 0 radical (unpaired) electrons. The van der Waals surface area contributed by atoms with Gasteiger partial charge in [-0.3, -0.25) is 0 Å². The molecule has 18 heavy (non-hydrogen) atoms. The summed E-state index contributed by atoms with van der Waals surface area (Å²) in [4.78, 5) is 14.4. The lowest BCUT2D eigenvalue weighted by atomic mass is 10.0. The van der Waals surface area contributed by atoms with Crippen molar-refractivity contribution in [2.75, 3.05) is 19.0 Å². The van der Waals surface area contributed by atoms with E-state index in [-0.39, 0.29) is 6.03 Å². The molecule has 0 bridgehead atoms. The number of amides is 2. The van der Waals surface area contributed by atoms with Gasteiger partial charge in [-0.15, -0.1) is 11.6 Å². The Morgan fingerprint density at radius 3 is 2.22 bits per heavy atom. The van der Waals surface area contributed by atoms with Crippen molar-refractivity contribution in [2.24, 2.45) is 17.8 Å². The first kappa shape index (κ1) is 14.0. The number of hydrogen-bond acceptors (Lipinski definition) is 1. The minimum Gasteiger partial charge on any atom is -0.337 e. The van der Waals surface area contributed by atoms with Crippen LogP contribution in [-0.4, -0.2) is 35.9 Å². The largest absolute Gasteiger partial charge is 0.337 e. The number of nitrogens with zero attached hydrogens (tertiary/aromatic N) is 1. The predicted molar refractivity (Wildman–Crippen MR) is 74.9 cm³/mol. The Kier molecular flexibility index (Phi) is 4.77. The molecule has 0 aliphatic heterocycles. The van der Waals surface area contributed by atoms with E-state index in [1.165, 1.54) is 25.7 Å². The van der Waals surface area contributed by atoms with Gasteiger partial charge >= 0.3 is 6.03 Å². The molecule has 0 heterocycles. The van der Waals surface area contributed by atoms with Gasteiger partial charge in [0, 0.05) is 25.0 Å². The van der Waals surface area contributed by atoms with E-state index in [0.717, 1.165) is 18.4 Å². The van der Waals surface area contributed by atoms with E-state index in [0.29, 0.717) is 24.4 Å². The van der Waals surface area contributed by atoms with Gasteiger partial charge in [0.2, 0.25) is 0 Å². The summed E-state index contributed by atoms with van der Waals surface area (Å²) in [6.45, 7) is 5.79. The van der Waals surface area contributed by atoms with Gasteiger partial charge in [0.15, 0.2) is 0 Å². The fraction of sp³-hybridized carbons (Fsp3) is 0.929. The first-order valence-electron chi connectivity index (χ1n) is 7.24. The van der Waals surface area contributed by atoms with Crippen LogP contribution in [0.3, 0.4) is 0 Å². The van der Waals surface area contributed by atoms with Gasteiger partial charge in [0.05, 0.1) is 0 Å². The zero-order chi connectivity index (χ0) is 13.1. The molecule has 2 rings (SSSR count). The smallest absolute Gasteiger partial charge is 0.317 e. The van der Waals surface area contributed by atoms with E-state index in [4.69, 9.17) is 11.6 Å². The van der Waals surface area contributed by atoms with Crippen molar-refractivity contribution in [3.63, 3.8) is 0 Å². The summed E-state index contributed by atoms with van der Waals surface area (Å²) >= 11 is 5.65. The molecule has 0 aromatic heterocycles. The quantitative estimate of drug-likeness (QED) is 0.710. The van der Waals surface area contributed by atoms with Crippen LogP contribution in [0.5, 0.6) is 0 Å². The Hall–Kier alpha value is -0.440. The number of carbonyl (C=O) groups is 1. The Morgan fingerprint density at radius 1 is 1.28 bits per heavy atom. The van der Waals surface area contributed by atoms with E-state index in [1.54, 1.807) is 0 Å². The Bertz CT molecular complexity index is 276. The highest BCUT2D eigenvalue weighted by Crippen LogP contribution is 2.47. The second-order valence-electron chi connectivity index (χ2n) is 6.13. The summed E-state index contributed by atoms with van der Waals surface area (Å²) in [6, 6.07) is 0.580. The van der Waals surface area contributed by atoms with Crippen LogP contribution < -0.4 is 5.32 Å². The normalized spacial score (nSPS) is 19.4. The number of rotatable bonds is 7. The molecule has 104 valence electrons. The fourth-order valence-electron chi connectivity index (χ4n) is 2.76. The van der Waals surface area contributed by atoms with E-state index >= 15 is 0 Å². The van der Waals surface area contributed by atoms with Crippen molar-refractivity contribution in [1.82, 2.24) is 10.2 Å². The lowest BCUT2D eigenvalue weighted by Gasteiger charge is -2.33. The Labute approximate surface area is 115 Å². The third-order valence-corrected chi connectivity index (χ3v) is 3.95. The Balaban J connectivity index is 1.99. The number of hydrogen-bond donors (Lipinski definition) is 1. The monoisotopic (exact) mass is 272 g/mol. The molecule has 3 nitrogen and oxygen atoms in total. The highest BCUT2D eigenvalue weighted by Gasteiger charge is 2.46. The molecule has 0 unspecified atom stereocenters. The maximum atomic E-state index is 12.3. The number of carbonyl (C=O) groups excluding carboxylic acids is 1. The minimum atomic E-state index is 0.0909. The van der Waals surface area contributed by atoms with Crippen molar-refractivity contribution in [3.8, 4) is 0 Å². The van der Waals surface area contributed by atoms with Crippen LogP contribution in [0.1, 0.15) is 39.5 Å². The average molecular weight is 273 g/mol. The van der Waals surface area contributed by atoms with Gasteiger partial charge in [-0.05, 0) is 43.4 Å². The second kappa shape index (κ2) is 6.14. The molecular weight excluding hydrogens is 248 g/mol. The number of alkyl halides is 1. The van der Waals surface area contributed by atoms with Crippen LogP contribution in [-0.2, 0) is 0 Å². The molecule has 2 fully saturated rings. The topological polar surface area (TPSA) is 32.3 Å². The van der Waals surface area contributed by atoms with Crippen LogP contribution in [0.2, 0.25) is 0 Å². The number of halogens is 1. The van der Waals surface area contributed by atoms with Crippen molar-refractivity contribution in [1.29, 1.82) is 0 Å². The lowest BCUT2D eigenvalue weighted by molar-refractivity contribution is 0.146. The summed E-state index contributed by atoms with van der Waals surface area (Å²) in [7, 11) is 0. The van der Waals surface area contributed by atoms with Crippen LogP contribution >= 0.6 is 11.6 Å². The van der Waals surface area contributed by atoms with Gasteiger partial charge in [0.25, 0.3) is 0 Å². The minimum absolute atomic E-state index is 0.0909. The molecule has 1 N–H and O–H groups in total. The van der Waals surface area contributed by atoms with Crippen molar-refractivity contribution >= 4 is 17.6 Å². The zero-order valence-electron chi connectivity index (χ0n) is 11.5. The first-order chi connectivity index (χ1) is 8.63. The molecule has 2 amide bonds. The van der Waals surface area contributed by atoms with Crippen molar-refractivity contribution in [2.45, 2.75) is 45.6 Å².